The molecule has 1 aliphatic carbocycles. The number of rotatable bonds is 3. The van der Waals surface area contributed by atoms with Crippen molar-refractivity contribution in [3.05, 3.63) is 5.82 Å². The van der Waals surface area contributed by atoms with E-state index in [9.17, 15) is 0 Å². The molecule has 1 spiro atoms. The quantitative estimate of drug-likeness (QED) is 0.888. The van der Waals surface area contributed by atoms with Gasteiger partial charge in [0.1, 0.15) is 0 Å². The summed E-state index contributed by atoms with van der Waals surface area (Å²) < 4.78 is 0. The van der Waals surface area contributed by atoms with E-state index in [1.807, 2.05) is 0 Å². The van der Waals surface area contributed by atoms with Crippen LogP contribution in [0.15, 0.2) is 0 Å². The topological polar surface area (TPSA) is 57.7 Å². The monoisotopic (exact) mass is 249 g/mol. The van der Waals surface area contributed by atoms with Gasteiger partial charge in [-0.1, -0.05) is 19.1 Å². The van der Waals surface area contributed by atoms with E-state index in [1.165, 1.54) is 38.8 Å². The van der Waals surface area contributed by atoms with Crippen molar-refractivity contribution in [3.63, 3.8) is 0 Å². The first-order valence-electron chi connectivity index (χ1n) is 7.12. The van der Waals surface area contributed by atoms with E-state index < -0.39 is 0 Å². The maximum Gasteiger partial charge on any atom is 0.188 e. The second kappa shape index (κ2) is 4.61. The molecule has 0 atom stereocenters. The van der Waals surface area contributed by atoms with Crippen LogP contribution in [-0.2, 0) is 6.54 Å². The molecular formula is C13H23N5. The fourth-order valence-electron chi connectivity index (χ4n) is 3.57. The third-order valence-electron chi connectivity index (χ3n) is 5.00. The second-order valence-electron chi connectivity index (χ2n) is 6.52. The molecule has 0 bridgehead atoms. The number of hydrogen-bond acceptors (Lipinski definition) is 4. The van der Waals surface area contributed by atoms with Crippen molar-refractivity contribution in [1.29, 1.82) is 0 Å². The Morgan fingerprint density at radius 3 is 2.61 bits per heavy atom. The zero-order valence-electron chi connectivity index (χ0n) is 11.4. The summed E-state index contributed by atoms with van der Waals surface area (Å²) in [6.07, 6.45) is 5.63. The van der Waals surface area contributed by atoms with Gasteiger partial charge in [0.2, 0.25) is 0 Å². The molecule has 5 nitrogen and oxygen atoms in total. The first kappa shape index (κ1) is 12.1. The van der Waals surface area contributed by atoms with Crippen molar-refractivity contribution in [2.75, 3.05) is 13.1 Å². The number of H-pyrrole nitrogens is 1. The molecule has 2 aliphatic rings. The highest BCUT2D eigenvalue weighted by Crippen LogP contribution is 2.54. The third kappa shape index (κ3) is 2.28. The Balaban J connectivity index is 1.47. The van der Waals surface area contributed by atoms with Crippen LogP contribution in [0.2, 0.25) is 0 Å². The summed E-state index contributed by atoms with van der Waals surface area (Å²) in [6, 6.07) is 0. The van der Waals surface area contributed by atoms with E-state index in [0.717, 1.165) is 24.2 Å². The van der Waals surface area contributed by atoms with Gasteiger partial charge in [-0.05, 0) is 56.0 Å². The van der Waals surface area contributed by atoms with Gasteiger partial charge in [0.25, 0.3) is 0 Å². The van der Waals surface area contributed by atoms with Crippen LogP contribution >= 0.6 is 0 Å². The van der Waals surface area contributed by atoms with Gasteiger partial charge < -0.3 is 0 Å². The molecule has 2 fully saturated rings. The normalized spacial score (nSPS) is 24.6. The highest BCUT2D eigenvalue weighted by atomic mass is 15.5. The van der Waals surface area contributed by atoms with E-state index in [0.29, 0.717) is 5.41 Å². The predicted octanol–water partition coefficient (Wildman–Crippen LogP) is 1.85. The van der Waals surface area contributed by atoms with Crippen molar-refractivity contribution in [1.82, 2.24) is 25.5 Å². The molecular weight excluding hydrogens is 226 g/mol. The Labute approximate surface area is 108 Å². The first-order valence-corrected chi connectivity index (χ1v) is 7.12. The van der Waals surface area contributed by atoms with E-state index in [-0.39, 0.29) is 0 Å². The number of tetrazole rings is 1. The van der Waals surface area contributed by atoms with Gasteiger partial charge in [-0.25, -0.2) is 0 Å². The zero-order valence-corrected chi connectivity index (χ0v) is 11.4. The second-order valence-corrected chi connectivity index (χ2v) is 6.52. The molecule has 5 heteroatoms. The van der Waals surface area contributed by atoms with Crippen LogP contribution in [0.25, 0.3) is 0 Å². The lowest BCUT2D eigenvalue weighted by Gasteiger charge is -2.53. The standard InChI is InChI=1S/C13H23N5/c1-10(2)11-7-13(8-11)3-5-18(6-4-13)9-12-14-16-17-15-12/h10-11H,3-9H2,1-2H3,(H,14,15,16,17). The van der Waals surface area contributed by atoms with Crippen LogP contribution in [0.5, 0.6) is 0 Å². The minimum absolute atomic E-state index is 0.683. The summed E-state index contributed by atoms with van der Waals surface area (Å²) in [4.78, 5) is 2.46. The Morgan fingerprint density at radius 1 is 1.33 bits per heavy atom. The number of piperidine rings is 1. The maximum atomic E-state index is 4.03. The van der Waals surface area contributed by atoms with E-state index in [4.69, 9.17) is 0 Å². The molecule has 1 aliphatic heterocycles. The summed E-state index contributed by atoms with van der Waals surface area (Å²) in [5.41, 5.74) is 0.683. The molecule has 1 aromatic rings. The molecule has 1 saturated heterocycles. The molecule has 2 heterocycles. The van der Waals surface area contributed by atoms with Gasteiger partial charge in [0.05, 0.1) is 6.54 Å². The molecule has 3 rings (SSSR count). The van der Waals surface area contributed by atoms with E-state index >= 15 is 0 Å². The molecule has 1 saturated carbocycles. The average Bonchev–Trinajstić information content (AvgIpc) is 2.80. The fourth-order valence-corrected chi connectivity index (χ4v) is 3.57. The summed E-state index contributed by atoms with van der Waals surface area (Å²) in [6.45, 7) is 7.96. The SMILES string of the molecule is CC(C)C1CC2(CCN(Cc3nn[nH]n3)CC2)C1. The van der Waals surface area contributed by atoms with Gasteiger partial charge in [0.15, 0.2) is 5.82 Å². The molecule has 0 unspecified atom stereocenters. The lowest BCUT2D eigenvalue weighted by molar-refractivity contribution is -0.0328. The predicted molar refractivity (Wildman–Crippen MR) is 68.7 cm³/mol. The molecule has 0 amide bonds. The van der Waals surface area contributed by atoms with Crippen molar-refractivity contribution in [2.45, 2.75) is 46.1 Å². The van der Waals surface area contributed by atoms with Crippen molar-refractivity contribution in [2.24, 2.45) is 17.3 Å². The highest BCUT2D eigenvalue weighted by molar-refractivity contribution is 4.98. The first-order chi connectivity index (χ1) is 8.67. The lowest BCUT2D eigenvalue weighted by Crippen LogP contribution is -2.48. The van der Waals surface area contributed by atoms with Crippen LogP contribution in [0.1, 0.15) is 45.4 Å². The van der Waals surface area contributed by atoms with E-state index in [1.54, 1.807) is 0 Å². The Kier molecular flexibility index (Phi) is 3.09. The summed E-state index contributed by atoms with van der Waals surface area (Å²) >= 11 is 0. The highest BCUT2D eigenvalue weighted by Gasteiger charge is 2.46. The molecule has 0 radical (unpaired) electrons. The third-order valence-corrected chi connectivity index (χ3v) is 5.00. The van der Waals surface area contributed by atoms with Crippen LogP contribution < -0.4 is 0 Å². The van der Waals surface area contributed by atoms with E-state index in [2.05, 4.69) is 39.4 Å². The Bertz CT molecular complexity index is 370. The smallest absolute Gasteiger partial charge is 0.188 e. The lowest BCUT2D eigenvalue weighted by atomic mass is 9.55. The number of aromatic nitrogens is 4. The molecule has 1 N–H and O–H groups in total. The van der Waals surface area contributed by atoms with Crippen molar-refractivity contribution in [3.8, 4) is 0 Å². The average molecular weight is 249 g/mol. The van der Waals surface area contributed by atoms with Crippen LogP contribution in [0.3, 0.4) is 0 Å². The number of nitrogens with zero attached hydrogens (tertiary/aromatic N) is 4. The van der Waals surface area contributed by atoms with Crippen LogP contribution in [0, 0.1) is 17.3 Å². The summed E-state index contributed by atoms with van der Waals surface area (Å²) in [7, 11) is 0. The fraction of sp³-hybridized carbons (Fsp3) is 0.923. The minimum atomic E-state index is 0.683. The Morgan fingerprint density at radius 2 is 2.06 bits per heavy atom. The number of likely N-dealkylation sites (tertiary alicyclic amines) is 1. The number of nitrogens with one attached hydrogen (secondary N) is 1. The van der Waals surface area contributed by atoms with Gasteiger partial charge in [0, 0.05) is 0 Å². The maximum absolute atomic E-state index is 4.03. The van der Waals surface area contributed by atoms with Crippen LogP contribution in [0.4, 0.5) is 0 Å². The molecule has 100 valence electrons. The number of aromatic amines is 1. The molecule has 1 aromatic heterocycles. The van der Waals surface area contributed by atoms with Gasteiger partial charge in [-0.15, -0.1) is 10.2 Å². The van der Waals surface area contributed by atoms with Crippen molar-refractivity contribution >= 4 is 0 Å². The largest absolute Gasteiger partial charge is 0.296 e. The minimum Gasteiger partial charge on any atom is -0.296 e. The summed E-state index contributed by atoms with van der Waals surface area (Å²) in [5, 5.41) is 14.2. The molecule has 18 heavy (non-hydrogen) atoms. The summed E-state index contributed by atoms with van der Waals surface area (Å²) in [5.74, 6) is 2.67. The van der Waals surface area contributed by atoms with Gasteiger partial charge in [-0.3, -0.25) is 4.90 Å². The van der Waals surface area contributed by atoms with Gasteiger partial charge in [-0.2, -0.15) is 5.21 Å². The molecule has 0 aromatic carbocycles. The number of hydrogen-bond donors (Lipinski definition) is 1. The zero-order chi connectivity index (χ0) is 12.6. The Hall–Kier alpha value is -0.970. The van der Waals surface area contributed by atoms with Crippen LogP contribution in [-0.4, -0.2) is 38.6 Å². The van der Waals surface area contributed by atoms with Crippen molar-refractivity contribution < 1.29 is 0 Å². The van der Waals surface area contributed by atoms with Gasteiger partial charge >= 0.3 is 0 Å².